The van der Waals surface area contributed by atoms with Gasteiger partial charge in [-0.1, -0.05) is 23.7 Å². The van der Waals surface area contributed by atoms with Crippen molar-refractivity contribution in [3.63, 3.8) is 0 Å². The number of dihydropyridines is 1. The molecule has 0 saturated heterocycles. The van der Waals surface area contributed by atoms with Crippen LogP contribution < -0.4 is 10.6 Å². The normalized spacial score (nSPS) is 13.4. The summed E-state index contributed by atoms with van der Waals surface area (Å²) in [6, 6.07) is 5.98. The molecule has 0 spiro atoms. The lowest BCUT2D eigenvalue weighted by Crippen LogP contribution is -2.13. The number of carbonyl (C=O) groups excluding carboxylic acids is 1. The summed E-state index contributed by atoms with van der Waals surface area (Å²) in [5.41, 5.74) is 2.80. The molecule has 0 aliphatic carbocycles. The number of hydrogen-bond acceptors (Lipinski definition) is 3. The molecule has 2 aromatic rings. The molecule has 0 saturated carbocycles. The Labute approximate surface area is 142 Å². The van der Waals surface area contributed by atoms with Gasteiger partial charge in [-0.15, -0.1) is 11.3 Å². The van der Waals surface area contributed by atoms with Gasteiger partial charge >= 0.3 is 0 Å². The molecular formula is C17H14ClFN2OS. The molecule has 118 valence electrons. The monoisotopic (exact) mass is 348 g/mol. The average molecular weight is 349 g/mol. The molecule has 1 aliphatic heterocycles. The van der Waals surface area contributed by atoms with Crippen LogP contribution in [-0.4, -0.2) is 12.5 Å². The Hall–Kier alpha value is -2.11. The van der Waals surface area contributed by atoms with Crippen molar-refractivity contribution in [1.29, 1.82) is 0 Å². The Bertz CT molecular complexity index is 798. The lowest BCUT2D eigenvalue weighted by molar-refractivity contribution is -0.115. The SMILES string of the molecule is O=C(Cc1ccc(F)cc1Cl)Nc1cc(C2=CCNC=C2)cs1. The summed E-state index contributed by atoms with van der Waals surface area (Å²) in [6.07, 6.45) is 6.10. The van der Waals surface area contributed by atoms with Gasteiger partial charge in [-0.2, -0.15) is 0 Å². The van der Waals surface area contributed by atoms with Crippen LogP contribution in [0, 0.1) is 5.82 Å². The fraction of sp³-hybridized carbons (Fsp3) is 0.118. The zero-order chi connectivity index (χ0) is 16.2. The minimum Gasteiger partial charge on any atom is -0.387 e. The second-order valence-electron chi connectivity index (χ2n) is 5.06. The van der Waals surface area contributed by atoms with Crippen molar-refractivity contribution in [3.8, 4) is 0 Å². The Morgan fingerprint density at radius 3 is 3.00 bits per heavy atom. The number of hydrogen-bond donors (Lipinski definition) is 2. The van der Waals surface area contributed by atoms with Crippen LogP contribution in [0.1, 0.15) is 11.1 Å². The van der Waals surface area contributed by atoms with Crippen LogP contribution in [0.25, 0.3) is 5.57 Å². The summed E-state index contributed by atoms with van der Waals surface area (Å²) in [6.45, 7) is 0.798. The highest BCUT2D eigenvalue weighted by atomic mass is 35.5. The van der Waals surface area contributed by atoms with Gasteiger partial charge in [0, 0.05) is 16.9 Å². The standard InChI is InChI=1S/C17H14ClFN2OS/c18-15-9-14(19)2-1-12(15)7-16(22)21-17-8-13(10-23-17)11-3-5-20-6-4-11/h1-5,8-10,20H,6-7H2,(H,21,22). The zero-order valence-electron chi connectivity index (χ0n) is 12.1. The quantitative estimate of drug-likeness (QED) is 0.868. The first-order chi connectivity index (χ1) is 11.1. The van der Waals surface area contributed by atoms with Gasteiger partial charge < -0.3 is 10.6 Å². The maximum Gasteiger partial charge on any atom is 0.229 e. The Kier molecular flexibility index (Phi) is 4.79. The van der Waals surface area contributed by atoms with E-state index in [1.54, 1.807) is 0 Å². The average Bonchev–Trinajstić information content (AvgIpc) is 2.99. The van der Waals surface area contributed by atoms with Gasteiger partial charge in [-0.25, -0.2) is 4.39 Å². The summed E-state index contributed by atoms with van der Waals surface area (Å²) in [5.74, 6) is -0.591. The second-order valence-corrected chi connectivity index (χ2v) is 6.38. The lowest BCUT2D eigenvalue weighted by atomic mass is 10.1. The van der Waals surface area contributed by atoms with E-state index in [1.165, 1.54) is 29.5 Å². The third kappa shape index (κ3) is 4.00. The topological polar surface area (TPSA) is 41.1 Å². The van der Waals surface area contributed by atoms with Gasteiger partial charge in [0.25, 0.3) is 0 Å². The lowest BCUT2D eigenvalue weighted by Gasteiger charge is -2.06. The molecule has 0 radical (unpaired) electrons. The Morgan fingerprint density at radius 1 is 1.39 bits per heavy atom. The molecule has 2 N–H and O–H groups in total. The molecule has 1 aromatic heterocycles. The van der Waals surface area contributed by atoms with Crippen LogP contribution in [0.5, 0.6) is 0 Å². The first-order valence-electron chi connectivity index (χ1n) is 7.04. The van der Waals surface area contributed by atoms with E-state index in [0.29, 0.717) is 5.56 Å². The van der Waals surface area contributed by atoms with E-state index in [1.807, 2.05) is 23.7 Å². The van der Waals surface area contributed by atoms with E-state index < -0.39 is 5.82 Å². The minimum absolute atomic E-state index is 0.110. The van der Waals surface area contributed by atoms with Crippen LogP contribution in [0.15, 0.2) is 48.0 Å². The molecule has 1 aromatic carbocycles. The highest BCUT2D eigenvalue weighted by molar-refractivity contribution is 7.14. The van der Waals surface area contributed by atoms with Crippen molar-refractivity contribution in [3.05, 3.63) is 70.0 Å². The number of nitrogens with one attached hydrogen (secondary N) is 2. The summed E-state index contributed by atoms with van der Waals surface area (Å²) >= 11 is 7.41. The third-order valence-electron chi connectivity index (χ3n) is 3.38. The van der Waals surface area contributed by atoms with Gasteiger partial charge in [-0.05, 0) is 47.2 Å². The van der Waals surface area contributed by atoms with Crippen molar-refractivity contribution in [1.82, 2.24) is 5.32 Å². The van der Waals surface area contributed by atoms with Gasteiger partial charge in [0.1, 0.15) is 5.82 Å². The predicted molar refractivity (Wildman–Crippen MR) is 93.2 cm³/mol. The first-order valence-corrected chi connectivity index (χ1v) is 8.30. The van der Waals surface area contributed by atoms with Gasteiger partial charge in [-0.3, -0.25) is 4.79 Å². The summed E-state index contributed by atoms with van der Waals surface area (Å²) in [4.78, 5) is 12.1. The maximum atomic E-state index is 13.0. The van der Waals surface area contributed by atoms with E-state index in [4.69, 9.17) is 11.6 Å². The number of halogens is 2. The Balaban J connectivity index is 1.65. The molecule has 6 heteroatoms. The number of carbonyl (C=O) groups is 1. The highest BCUT2D eigenvalue weighted by Gasteiger charge is 2.11. The van der Waals surface area contributed by atoms with Crippen molar-refractivity contribution in [2.24, 2.45) is 0 Å². The van der Waals surface area contributed by atoms with Gasteiger partial charge in [0.2, 0.25) is 5.91 Å². The number of allylic oxidation sites excluding steroid dienone is 2. The zero-order valence-corrected chi connectivity index (χ0v) is 13.7. The van der Waals surface area contributed by atoms with Crippen molar-refractivity contribution in [2.45, 2.75) is 6.42 Å². The third-order valence-corrected chi connectivity index (χ3v) is 4.58. The number of thiophene rings is 1. The Morgan fingerprint density at radius 2 is 2.26 bits per heavy atom. The molecule has 3 rings (SSSR count). The van der Waals surface area contributed by atoms with Gasteiger partial charge in [0.15, 0.2) is 0 Å². The number of amides is 1. The van der Waals surface area contributed by atoms with Crippen molar-refractivity contribution < 1.29 is 9.18 Å². The molecule has 3 nitrogen and oxygen atoms in total. The summed E-state index contributed by atoms with van der Waals surface area (Å²) < 4.78 is 13.0. The second kappa shape index (κ2) is 6.98. The molecule has 0 atom stereocenters. The predicted octanol–water partition coefficient (Wildman–Crippen LogP) is 4.22. The molecule has 0 fully saturated rings. The van der Waals surface area contributed by atoms with Crippen molar-refractivity contribution in [2.75, 3.05) is 11.9 Å². The first kappa shape index (κ1) is 15.8. The number of anilines is 1. The molecule has 0 bridgehead atoms. The summed E-state index contributed by atoms with van der Waals surface area (Å²) in [5, 5.41) is 8.99. The minimum atomic E-state index is -0.412. The summed E-state index contributed by atoms with van der Waals surface area (Å²) in [7, 11) is 0. The highest BCUT2D eigenvalue weighted by Crippen LogP contribution is 2.27. The maximum absolute atomic E-state index is 13.0. The van der Waals surface area contributed by atoms with Crippen LogP contribution in [0.2, 0.25) is 5.02 Å². The molecular weight excluding hydrogens is 335 g/mol. The van der Waals surface area contributed by atoms with Crippen LogP contribution >= 0.6 is 22.9 Å². The molecule has 1 amide bonds. The van der Waals surface area contributed by atoms with E-state index in [2.05, 4.69) is 16.7 Å². The molecule has 0 unspecified atom stereocenters. The molecule has 1 aliphatic rings. The largest absolute Gasteiger partial charge is 0.387 e. The van der Waals surface area contributed by atoms with Crippen molar-refractivity contribution >= 4 is 39.4 Å². The van der Waals surface area contributed by atoms with Gasteiger partial charge in [0.05, 0.1) is 11.4 Å². The fourth-order valence-electron chi connectivity index (χ4n) is 2.24. The molecule has 23 heavy (non-hydrogen) atoms. The molecule has 2 heterocycles. The van der Waals surface area contributed by atoms with Crippen LogP contribution in [0.3, 0.4) is 0 Å². The van der Waals surface area contributed by atoms with Crippen LogP contribution in [0.4, 0.5) is 9.39 Å². The van der Waals surface area contributed by atoms with E-state index in [-0.39, 0.29) is 17.4 Å². The van der Waals surface area contributed by atoms with Crippen LogP contribution in [-0.2, 0) is 11.2 Å². The van der Waals surface area contributed by atoms with E-state index in [9.17, 15) is 9.18 Å². The van der Waals surface area contributed by atoms with E-state index >= 15 is 0 Å². The van der Waals surface area contributed by atoms with E-state index in [0.717, 1.165) is 22.7 Å². The fourth-order valence-corrected chi connectivity index (χ4v) is 3.30. The smallest absolute Gasteiger partial charge is 0.229 e. The number of benzene rings is 1. The number of rotatable bonds is 4.